The molecule has 9 heavy (non-hydrogen) atoms. The Labute approximate surface area is 52.2 Å². The van der Waals surface area contributed by atoms with Gasteiger partial charge in [-0.2, -0.15) is 0 Å². The van der Waals surface area contributed by atoms with E-state index in [1.54, 1.807) is 0 Å². The van der Waals surface area contributed by atoms with Crippen LogP contribution in [-0.4, -0.2) is 25.7 Å². The minimum absolute atomic E-state index is 0.188. The molecule has 2 amide bonds. The van der Waals surface area contributed by atoms with E-state index in [2.05, 4.69) is 15.8 Å². The van der Waals surface area contributed by atoms with Crippen LogP contribution >= 0.6 is 0 Å². The summed E-state index contributed by atoms with van der Waals surface area (Å²) in [5.74, 6) is -0.597. The molecule has 0 bridgehead atoms. The lowest BCUT2D eigenvalue weighted by molar-refractivity contribution is -0.117. The van der Waals surface area contributed by atoms with E-state index in [0.29, 0.717) is 0 Å². The monoisotopic (exact) mass is 132 g/mol. The molecule has 0 unspecified atom stereocenters. The van der Waals surface area contributed by atoms with Gasteiger partial charge in [0.15, 0.2) is 0 Å². The lowest BCUT2D eigenvalue weighted by atomic mass is 10.6. The van der Waals surface area contributed by atoms with Gasteiger partial charge in [-0.3, -0.25) is 4.79 Å². The van der Waals surface area contributed by atoms with E-state index in [9.17, 15) is 9.59 Å². The number of nitrogens with two attached hydrogens (primary N) is 1. The van der Waals surface area contributed by atoms with E-state index < -0.39 is 12.0 Å². The molecule has 0 aliphatic rings. The fraction of sp³-hybridized carbons (Fsp3) is 0.500. The van der Waals surface area contributed by atoms with E-state index in [1.807, 2.05) is 0 Å². The molecule has 0 heterocycles. The van der Waals surface area contributed by atoms with Gasteiger partial charge in [-0.15, -0.1) is 0 Å². The fourth-order valence-corrected chi connectivity index (χ4v) is 0.231. The summed E-state index contributed by atoms with van der Waals surface area (Å²) < 4.78 is 4.14. The number of carbonyl (C=O) groups is 2. The van der Waals surface area contributed by atoms with Gasteiger partial charge in [0.1, 0.15) is 0 Å². The molecule has 3 N–H and O–H groups in total. The lowest BCUT2D eigenvalue weighted by Crippen LogP contribution is -2.33. The molecule has 0 saturated heterocycles. The zero-order chi connectivity index (χ0) is 7.28. The summed E-state index contributed by atoms with van der Waals surface area (Å²) in [6.45, 7) is -0.188. The van der Waals surface area contributed by atoms with E-state index in [-0.39, 0.29) is 6.54 Å². The normalized spacial score (nSPS) is 8.11. The Morgan fingerprint density at radius 2 is 2.22 bits per heavy atom. The highest BCUT2D eigenvalue weighted by Gasteiger charge is 1.98. The second-order valence-corrected chi connectivity index (χ2v) is 1.31. The molecule has 0 spiro atoms. The maximum absolute atomic E-state index is 10.2. The zero-order valence-corrected chi connectivity index (χ0v) is 5.01. The third-order valence-corrected chi connectivity index (χ3v) is 0.592. The molecule has 0 fully saturated rings. The predicted octanol–water partition coefficient (Wildman–Crippen LogP) is -1.17. The van der Waals surface area contributed by atoms with Crippen LogP contribution in [-0.2, 0) is 9.53 Å². The first-order valence-corrected chi connectivity index (χ1v) is 2.27. The van der Waals surface area contributed by atoms with Gasteiger partial charge in [0.05, 0.1) is 13.7 Å². The molecule has 0 aliphatic carbocycles. The standard InChI is InChI=1S/C4H8N2O3/c1-9-4(8)6-2-3(5)7/h2H2,1H3,(H2,5,7)(H,6,8). The van der Waals surface area contributed by atoms with Gasteiger partial charge in [0.2, 0.25) is 5.91 Å². The first kappa shape index (κ1) is 7.74. The minimum Gasteiger partial charge on any atom is -0.453 e. The van der Waals surface area contributed by atoms with Crippen LogP contribution < -0.4 is 11.1 Å². The number of alkyl carbamates (subject to hydrolysis) is 1. The van der Waals surface area contributed by atoms with Gasteiger partial charge in [-0.1, -0.05) is 0 Å². The van der Waals surface area contributed by atoms with Crippen molar-refractivity contribution in [1.29, 1.82) is 0 Å². The Hall–Kier alpha value is -1.26. The molecule has 0 aromatic carbocycles. The fourth-order valence-electron chi connectivity index (χ4n) is 0.231. The number of amides is 2. The maximum Gasteiger partial charge on any atom is 0.407 e. The number of ether oxygens (including phenoxy) is 1. The summed E-state index contributed by atoms with van der Waals surface area (Å²) in [4.78, 5) is 20.1. The zero-order valence-electron chi connectivity index (χ0n) is 5.01. The van der Waals surface area contributed by atoms with Crippen LogP contribution in [0.15, 0.2) is 0 Å². The number of hydrogen-bond donors (Lipinski definition) is 2. The third kappa shape index (κ3) is 4.60. The number of hydrogen-bond acceptors (Lipinski definition) is 3. The molecule has 0 atom stereocenters. The van der Waals surface area contributed by atoms with Gasteiger partial charge in [-0.05, 0) is 0 Å². The summed E-state index contributed by atoms with van der Waals surface area (Å²) in [5, 5.41) is 2.10. The highest BCUT2D eigenvalue weighted by Crippen LogP contribution is 1.67. The number of nitrogens with one attached hydrogen (secondary N) is 1. The molecule has 0 aromatic heterocycles. The Morgan fingerprint density at radius 3 is 2.56 bits per heavy atom. The average Bonchev–Trinajstić information content (AvgIpc) is 1.83. The predicted molar refractivity (Wildman–Crippen MR) is 29.6 cm³/mol. The van der Waals surface area contributed by atoms with Crippen LogP contribution in [0.5, 0.6) is 0 Å². The summed E-state index contributed by atoms with van der Waals surface area (Å²) >= 11 is 0. The molecule has 0 radical (unpaired) electrons. The van der Waals surface area contributed by atoms with Gasteiger partial charge in [0, 0.05) is 0 Å². The maximum atomic E-state index is 10.2. The number of carbonyl (C=O) groups excluding carboxylic acids is 2. The van der Waals surface area contributed by atoms with E-state index in [4.69, 9.17) is 0 Å². The molecule has 0 aromatic rings. The van der Waals surface area contributed by atoms with Gasteiger partial charge >= 0.3 is 6.09 Å². The van der Waals surface area contributed by atoms with Crippen molar-refractivity contribution in [3.05, 3.63) is 0 Å². The minimum atomic E-state index is -0.659. The number of methoxy groups -OCH3 is 1. The summed E-state index contributed by atoms with van der Waals surface area (Å²) in [7, 11) is 1.20. The Bertz CT molecular complexity index is 123. The Balaban J connectivity index is 3.28. The van der Waals surface area contributed by atoms with E-state index >= 15 is 0 Å². The van der Waals surface area contributed by atoms with Gasteiger partial charge < -0.3 is 15.8 Å². The molecule has 5 nitrogen and oxygen atoms in total. The summed E-state index contributed by atoms with van der Waals surface area (Å²) in [5.41, 5.74) is 4.69. The second kappa shape index (κ2) is 3.71. The van der Waals surface area contributed by atoms with E-state index in [1.165, 1.54) is 7.11 Å². The molecular weight excluding hydrogens is 124 g/mol. The van der Waals surface area contributed by atoms with Crippen molar-refractivity contribution in [2.75, 3.05) is 13.7 Å². The highest BCUT2D eigenvalue weighted by atomic mass is 16.5. The first-order valence-electron chi connectivity index (χ1n) is 2.27. The summed E-state index contributed by atoms with van der Waals surface area (Å²) in [6.07, 6.45) is -0.659. The molecular formula is C4H8N2O3. The second-order valence-electron chi connectivity index (χ2n) is 1.31. The van der Waals surface area contributed by atoms with Crippen molar-refractivity contribution in [3.8, 4) is 0 Å². The molecule has 0 rings (SSSR count). The number of primary amides is 1. The largest absolute Gasteiger partial charge is 0.453 e. The molecule has 52 valence electrons. The lowest BCUT2D eigenvalue weighted by Gasteiger charge is -1.97. The average molecular weight is 132 g/mol. The van der Waals surface area contributed by atoms with Crippen LogP contribution in [0.3, 0.4) is 0 Å². The highest BCUT2D eigenvalue weighted by molar-refractivity contribution is 5.80. The van der Waals surface area contributed by atoms with Crippen molar-refractivity contribution in [1.82, 2.24) is 5.32 Å². The van der Waals surface area contributed by atoms with Crippen LogP contribution in [0.2, 0.25) is 0 Å². The van der Waals surface area contributed by atoms with Crippen LogP contribution in [0, 0.1) is 0 Å². The van der Waals surface area contributed by atoms with Crippen molar-refractivity contribution in [3.63, 3.8) is 0 Å². The quantitative estimate of drug-likeness (QED) is 0.496. The Kier molecular flexibility index (Phi) is 3.19. The van der Waals surface area contributed by atoms with E-state index in [0.717, 1.165) is 0 Å². The van der Waals surface area contributed by atoms with Crippen molar-refractivity contribution in [2.45, 2.75) is 0 Å². The smallest absolute Gasteiger partial charge is 0.407 e. The van der Waals surface area contributed by atoms with Crippen molar-refractivity contribution < 1.29 is 14.3 Å². The van der Waals surface area contributed by atoms with Crippen LogP contribution in [0.25, 0.3) is 0 Å². The van der Waals surface area contributed by atoms with Crippen LogP contribution in [0.4, 0.5) is 4.79 Å². The van der Waals surface area contributed by atoms with Crippen molar-refractivity contribution in [2.24, 2.45) is 5.73 Å². The topological polar surface area (TPSA) is 81.4 Å². The molecule has 5 heteroatoms. The summed E-state index contributed by atoms with van der Waals surface area (Å²) in [6, 6.07) is 0. The SMILES string of the molecule is COC(=O)NCC(N)=O. The van der Waals surface area contributed by atoms with Crippen molar-refractivity contribution >= 4 is 12.0 Å². The van der Waals surface area contributed by atoms with Gasteiger partial charge in [-0.25, -0.2) is 4.79 Å². The Morgan fingerprint density at radius 1 is 1.67 bits per heavy atom. The third-order valence-electron chi connectivity index (χ3n) is 0.592. The van der Waals surface area contributed by atoms with Gasteiger partial charge in [0.25, 0.3) is 0 Å². The molecule has 0 saturated carbocycles. The van der Waals surface area contributed by atoms with Crippen LogP contribution in [0.1, 0.15) is 0 Å². The molecule has 0 aliphatic heterocycles. The first-order chi connectivity index (χ1) is 4.16. The number of rotatable bonds is 2.